The number of H-pyrrole nitrogens is 1. The molecule has 2 aromatic heterocycles. The number of nitrogens with zero attached hydrogens (tertiary/aromatic N) is 1. The van der Waals surface area contributed by atoms with Crippen molar-refractivity contribution in [2.24, 2.45) is 0 Å². The number of furan rings is 1. The highest BCUT2D eigenvalue weighted by atomic mass is 16.5. The summed E-state index contributed by atoms with van der Waals surface area (Å²) in [5.74, 6) is 1.20. The molecule has 0 aliphatic rings. The number of imidazole rings is 1. The number of aromatic amines is 1. The van der Waals surface area contributed by atoms with Crippen LogP contribution in [0, 0.1) is 0 Å². The van der Waals surface area contributed by atoms with Gasteiger partial charge in [0.2, 0.25) is 0 Å². The van der Waals surface area contributed by atoms with Crippen molar-refractivity contribution in [2.45, 2.75) is 6.92 Å². The van der Waals surface area contributed by atoms with E-state index in [4.69, 9.17) is 9.15 Å². The van der Waals surface area contributed by atoms with Crippen LogP contribution in [0.25, 0.3) is 33.4 Å². The van der Waals surface area contributed by atoms with Gasteiger partial charge in [-0.2, -0.15) is 0 Å². The predicted molar refractivity (Wildman–Crippen MR) is 117 cm³/mol. The van der Waals surface area contributed by atoms with E-state index in [9.17, 15) is 4.79 Å². The third kappa shape index (κ3) is 3.18. The summed E-state index contributed by atoms with van der Waals surface area (Å²) >= 11 is 0. The molecule has 0 saturated carbocycles. The van der Waals surface area contributed by atoms with Crippen molar-refractivity contribution < 1.29 is 13.9 Å². The molecule has 2 N–H and O–H groups in total. The van der Waals surface area contributed by atoms with Gasteiger partial charge in [-0.05, 0) is 43.3 Å². The molecule has 0 aliphatic carbocycles. The lowest BCUT2D eigenvalue weighted by Gasteiger charge is -2.08. The van der Waals surface area contributed by atoms with Crippen molar-refractivity contribution in [3.05, 3.63) is 78.6 Å². The molecule has 0 fully saturated rings. The Labute approximate surface area is 172 Å². The Balaban J connectivity index is 1.48. The van der Waals surface area contributed by atoms with Crippen molar-refractivity contribution in [1.82, 2.24) is 9.97 Å². The maximum atomic E-state index is 12.9. The van der Waals surface area contributed by atoms with Gasteiger partial charge in [-0.25, -0.2) is 4.98 Å². The first kappa shape index (κ1) is 18.0. The quantitative estimate of drug-likeness (QED) is 0.403. The van der Waals surface area contributed by atoms with E-state index in [0.29, 0.717) is 29.5 Å². The first-order valence-electron chi connectivity index (χ1n) is 9.74. The molecule has 0 atom stereocenters. The molecule has 1 amide bonds. The number of rotatable bonds is 5. The zero-order valence-corrected chi connectivity index (χ0v) is 16.3. The SMILES string of the molecule is CCOc1cccc2cc(C(=O)Nc3ccccc3-c3nc4ccccc4[nH]3)oc12. The number of aromatic nitrogens is 2. The molecule has 6 nitrogen and oxygen atoms in total. The second kappa shape index (κ2) is 7.40. The summed E-state index contributed by atoms with van der Waals surface area (Å²) in [6.07, 6.45) is 0. The largest absolute Gasteiger partial charge is 0.490 e. The molecule has 6 heteroatoms. The molecule has 5 rings (SSSR count). The third-order valence-electron chi connectivity index (χ3n) is 4.85. The van der Waals surface area contributed by atoms with Gasteiger partial charge in [-0.15, -0.1) is 0 Å². The van der Waals surface area contributed by atoms with Gasteiger partial charge in [0, 0.05) is 10.9 Å². The minimum absolute atomic E-state index is 0.219. The number of hydrogen-bond donors (Lipinski definition) is 2. The average molecular weight is 397 g/mol. The molecule has 3 aromatic carbocycles. The van der Waals surface area contributed by atoms with E-state index in [0.717, 1.165) is 22.0 Å². The maximum Gasteiger partial charge on any atom is 0.291 e. The van der Waals surface area contributed by atoms with Gasteiger partial charge in [-0.3, -0.25) is 4.79 Å². The Kier molecular flexibility index (Phi) is 4.44. The highest BCUT2D eigenvalue weighted by molar-refractivity contribution is 6.06. The van der Waals surface area contributed by atoms with Crippen LogP contribution in [-0.4, -0.2) is 22.5 Å². The van der Waals surface area contributed by atoms with Crippen LogP contribution in [0.5, 0.6) is 5.75 Å². The van der Waals surface area contributed by atoms with Crippen molar-refractivity contribution in [3.63, 3.8) is 0 Å². The minimum atomic E-state index is -0.336. The van der Waals surface area contributed by atoms with E-state index in [2.05, 4.69) is 15.3 Å². The number of nitrogens with one attached hydrogen (secondary N) is 2. The fraction of sp³-hybridized carbons (Fsp3) is 0.0833. The van der Waals surface area contributed by atoms with E-state index in [-0.39, 0.29) is 11.7 Å². The second-order valence-corrected chi connectivity index (χ2v) is 6.82. The Morgan fingerprint density at radius 2 is 1.90 bits per heavy atom. The van der Waals surface area contributed by atoms with Crippen LogP contribution >= 0.6 is 0 Å². The fourth-order valence-corrected chi connectivity index (χ4v) is 3.48. The Morgan fingerprint density at radius 1 is 1.07 bits per heavy atom. The van der Waals surface area contributed by atoms with Crippen LogP contribution in [0.15, 0.2) is 77.2 Å². The van der Waals surface area contributed by atoms with Gasteiger partial charge < -0.3 is 19.5 Å². The number of amides is 1. The smallest absolute Gasteiger partial charge is 0.291 e. The molecule has 148 valence electrons. The summed E-state index contributed by atoms with van der Waals surface area (Å²) in [5, 5.41) is 3.76. The number of para-hydroxylation sites is 4. The number of fused-ring (bicyclic) bond motifs is 2. The molecule has 0 aliphatic heterocycles. The third-order valence-corrected chi connectivity index (χ3v) is 4.85. The van der Waals surface area contributed by atoms with Gasteiger partial charge in [0.25, 0.3) is 5.91 Å². The highest BCUT2D eigenvalue weighted by Crippen LogP contribution is 2.31. The van der Waals surface area contributed by atoms with Crippen LogP contribution in [0.4, 0.5) is 5.69 Å². The lowest BCUT2D eigenvalue weighted by atomic mass is 10.1. The fourth-order valence-electron chi connectivity index (χ4n) is 3.48. The van der Waals surface area contributed by atoms with E-state index < -0.39 is 0 Å². The second-order valence-electron chi connectivity index (χ2n) is 6.82. The number of benzene rings is 3. The first-order valence-corrected chi connectivity index (χ1v) is 9.74. The van der Waals surface area contributed by atoms with Crippen LogP contribution in [0.3, 0.4) is 0 Å². The van der Waals surface area contributed by atoms with E-state index >= 15 is 0 Å². The Morgan fingerprint density at radius 3 is 2.77 bits per heavy atom. The molecular formula is C24H19N3O3. The molecule has 0 unspecified atom stereocenters. The summed E-state index contributed by atoms with van der Waals surface area (Å²) in [6.45, 7) is 2.43. The molecule has 0 spiro atoms. The summed E-state index contributed by atoms with van der Waals surface area (Å²) in [7, 11) is 0. The average Bonchev–Trinajstić information content (AvgIpc) is 3.39. The predicted octanol–water partition coefficient (Wildman–Crippen LogP) is 5.63. The lowest BCUT2D eigenvalue weighted by molar-refractivity contribution is 0.0998. The van der Waals surface area contributed by atoms with E-state index in [1.54, 1.807) is 6.07 Å². The number of carbonyl (C=O) groups is 1. The molecule has 5 aromatic rings. The number of hydrogen-bond acceptors (Lipinski definition) is 4. The number of anilines is 1. The summed E-state index contributed by atoms with van der Waals surface area (Å²) < 4.78 is 11.4. The standard InChI is InChI=1S/C24H19N3O3/c1-2-29-20-13-7-8-15-14-21(30-22(15)20)24(28)27-17-10-4-3-9-16(17)23-25-18-11-5-6-12-19(18)26-23/h3-14H,2H2,1H3,(H,25,26)(H,27,28). The van der Waals surface area contributed by atoms with Crippen LogP contribution in [0.1, 0.15) is 17.5 Å². The number of ether oxygens (including phenoxy) is 1. The zero-order chi connectivity index (χ0) is 20.5. The zero-order valence-electron chi connectivity index (χ0n) is 16.3. The summed E-state index contributed by atoms with van der Waals surface area (Å²) in [5.41, 5.74) is 3.82. The molecule has 30 heavy (non-hydrogen) atoms. The topological polar surface area (TPSA) is 80.1 Å². The Hall–Kier alpha value is -4.06. The minimum Gasteiger partial charge on any atom is -0.490 e. The van der Waals surface area contributed by atoms with Gasteiger partial charge in [-0.1, -0.05) is 36.4 Å². The Bertz CT molecular complexity index is 1330. The van der Waals surface area contributed by atoms with Gasteiger partial charge in [0.05, 0.1) is 23.3 Å². The molecule has 2 heterocycles. The summed E-state index contributed by atoms with van der Waals surface area (Å²) in [4.78, 5) is 20.9. The van der Waals surface area contributed by atoms with Gasteiger partial charge in [0.15, 0.2) is 17.1 Å². The van der Waals surface area contributed by atoms with E-state index in [1.165, 1.54) is 0 Å². The van der Waals surface area contributed by atoms with Crippen molar-refractivity contribution in [2.75, 3.05) is 11.9 Å². The normalized spacial score (nSPS) is 11.1. The maximum absolute atomic E-state index is 12.9. The molecule has 0 bridgehead atoms. The van der Waals surface area contributed by atoms with Gasteiger partial charge in [0.1, 0.15) is 5.82 Å². The summed E-state index contributed by atoms with van der Waals surface area (Å²) in [6, 6.07) is 22.7. The van der Waals surface area contributed by atoms with Crippen LogP contribution < -0.4 is 10.1 Å². The van der Waals surface area contributed by atoms with Crippen molar-refractivity contribution >= 4 is 33.6 Å². The van der Waals surface area contributed by atoms with E-state index in [1.807, 2.05) is 73.7 Å². The molecule has 0 saturated heterocycles. The van der Waals surface area contributed by atoms with Crippen molar-refractivity contribution in [1.29, 1.82) is 0 Å². The highest BCUT2D eigenvalue weighted by Gasteiger charge is 2.17. The lowest BCUT2D eigenvalue weighted by Crippen LogP contribution is -2.11. The molecule has 0 radical (unpaired) electrons. The van der Waals surface area contributed by atoms with Crippen LogP contribution in [-0.2, 0) is 0 Å². The first-order chi connectivity index (χ1) is 14.7. The number of carbonyl (C=O) groups excluding carboxylic acids is 1. The van der Waals surface area contributed by atoms with Gasteiger partial charge >= 0.3 is 0 Å². The molecular weight excluding hydrogens is 378 g/mol. The van der Waals surface area contributed by atoms with Crippen LogP contribution in [0.2, 0.25) is 0 Å². The van der Waals surface area contributed by atoms with Crippen molar-refractivity contribution in [3.8, 4) is 17.1 Å². The monoisotopic (exact) mass is 397 g/mol.